The molecule has 2 fully saturated rings. The first-order valence-corrected chi connectivity index (χ1v) is 7.89. The molecule has 1 aliphatic heterocycles. The lowest BCUT2D eigenvalue weighted by atomic mass is 9.98. The summed E-state index contributed by atoms with van der Waals surface area (Å²) in [5.74, 6) is 0.795. The summed E-state index contributed by atoms with van der Waals surface area (Å²) in [6.07, 6.45) is 7.98. The molecule has 18 heavy (non-hydrogen) atoms. The molecule has 2 atom stereocenters. The fourth-order valence-electron chi connectivity index (χ4n) is 3.65. The zero-order valence-corrected chi connectivity index (χ0v) is 12.3. The number of hydrogen-bond donors (Lipinski definition) is 1. The van der Waals surface area contributed by atoms with Gasteiger partial charge in [0.25, 0.3) is 0 Å². The van der Waals surface area contributed by atoms with E-state index in [9.17, 15) is 0 Å². The Bertz CT molecular complexity index is 236. The summed E-state index contributed by atoms with van der Waals surface area (Å²) in [6.45, 7) is 7.30. The van der Waals surface area contributed by atoms with E-state index in [1.165, 1.54) is 64.7 Å². The predicted molar refractivity (Wildman–Crippen MR) is 77.7 cm³/mol. The summed E-state index contributed by atoms with van der Waals surface area (Å²) in [4.78, 5) is 5.16. The molecule has 1 heterocycles. The van der Waals surface area contributed by atoms with E-state index < -0.39 is 0 Å². The fraction of sp³-hybridized carbons (Fsp3) is 1.00. The van der Waals surface area contributed by atoms with E-state index in [2.05, 4.69) is 23.8 Å². The fourth-order valence-corrected chi connectivity index (χ4v) is 3.65. The topological polar surface area (TPSA) is 32.5 Å². The summed E-state index contributed by atoms with van der Waals surface area (Å²) in [5.41, 5.74) is 6.15. The highest BCUT2D eigenvalue weighted by Crippen LogP contribution is 2.27. The van der Waals surface area contributed by atoms with Crippen molar-refractivity contribution in [2.75, 3.05) is 33.2 Å². The molecule has 1 aliphatic carbocycles. The molecule has 1 saturated carbocycles. The zero-order valence-electron chi connectivity index (χ0n) is 12.3. The van der Waals surface area contributed by atoms with Crippen molar-refractivity contribution in [3.8, 4) is 0 Å². The van der Waals surface area contributed by atoms with Crippen molar-refractivity contribution in [2.24, 2.45) is 11.7 Å². The predicted octanol–water partition coefficient (Wildman–Crippen LogP) is 1.92. The second-order valence-electron chi connectivity index (χ2n) is 6.29. The van der Waals surface area contributed by atoms with Crippen LogP contribution in [0, 0.1) is 5.92 Å². The van der Waals surface area contributed by atoms with Crippen LogP contribution >= 0.6 is 0 Å². The van der Waals surface area contributed by atoms with Gasteiger partial charge in [0.15, 0.2) is 0 Å². The Morgan fingerprint density at radius 3 is 2.44 bits per heavy atom. The van der Waals surface area contributed by atoms with E-state index in [1.807, 2.05) is 0 Å². The molecular formula is C15H31N3. The quantitative estimate of drug-likeness (QED) is 0.812. The first kappa shape index (κ1) is 14.3. The maximum atomic E-state index is 6.15. The van der Waals surface area contributed by atoms with Crippen LogP contribution in [0.3, 0.4) is 0 Å². The smallest absolute Gasteiger partial charge is 0.0117 e. The number of hydrogen-bond acceptors (Lipinski definition) is 3. The number of rotatable bonds is 5. The number of likely N-dealkylation sites (tertiary alicyclic amines) is 1. The van der Waals surface area contributed by atoms with Crippen molar-refractivity contribution in [3.05, 3.63) is 0 Å². The van der Waals surface area contributed by atoms with Gasteiger partial charge in [-0.05, 0) is 71.2 Å². The average Bonchev–Trinajstić information content (AvgIpc) is 2.81. The van der Waals surface area contributed by atoms with Gasteiger partial charge in [-0.3, -0.25) is 0 Å². The molecule has 2 N–H and O–H groups in total. The Morgan fingerprint density at radius 1 is 1.17 bits per heavy atom. The van der Waals surface area contributed by atoms with Gasteiger partial charge in [-0.1, -0.05) is 13.3 Å². The monoisotopic (exact) mass is 253 g/mol. The Kier molecular flexibility index (Phi) is 5.46. The third kappa shape index (κ3) is 3.69. The second-order valence-corrected chi connectivity index (χ2v) is 6.29. The van der Waals surface area contributed by atoms with Gasteiger partial charge in [-0.15, -0.1) is 0 Å². The molecule has 0 aromatic carbocycles. The molecule has 0 aromatic heterocycles. The van der Waals surface area contributed by atoms with Crippen LogP contribution in [-0.4, -0.2) is 55.1 Å². The Labute approximate surface area is 113 Å². The number of nitrogens with zero attached hydrogens (tertiary/aromatic N) is 2. The van der Waals surface area contributed by atoms with Crippen LogP contribution in [0.25, 0.3) is 0 Å². The minimum atomic E-state index is 0.486. The van der Waals surface area contributed by atoms with Crippen molar-refractivity contribution in [1.82, 2.24) is 9.80 Å². The van der Waals surface area contributed by atoms with Crippen molar-refractivity contribution in [2.45, 2.75) is 57.5 Å². The van der Waals surface area contributed by atoms with E-state index in [0.29, 0.717) is 6.04 Å². The summed E-state index contributed by atoms with van der Waals surface area (Å²) < 4.78 is 0. The Hall–Kier alpha value is -0.120. The molecule has 1 saturated heterocycles. The molecule has 0 bridgehead atoms. The van der Waals surface area contributed by atoms with Crippen LogP contribution in [0.15, 0.2) is 0 Å². The summed E-state index contributed by atoms with van der Waals surface area (Å²) in [5, 5.41) is 0. The molecule has 2 rings (SSSR count). The molecule has 0 spiro atoms. The lowest BCUT2D eigenvalue weighted by molar-refractivity contribution is 0.126. The molecule has 3 nitrogen and oxygen atoms in total. The van der Waals surface area contributed by atoms with Crippen LogP contribution in [0.4, 0.5) is 0 Å². The first-order valence-electron chi connectivity index (χ1n) is 7.89. The second kappa shape index (κ2) is 6.88. The summed E-state index contributed by atoms with van der Waals surface area (Å²) >= 11 is 0. The molecule has 0 aromatic rings. The molecule has 0 radical (unpaired) electrons. The zero-order chi connectivity index (χ0) is 13.0. The van der Waals surface area contributed by atoms with Gasteiger partial charge >= 0.3 is 0 Å². The molecular weight excluding hydrogens is 222 g/mol. The normalized spacial score (nSPS) is 31.3. The standard InChI is InChI=1S/C15H31N3/c1-3-18-11-8-14(9-12-18)17(2)10-7-13-5-4-6-15(13)16/h13-15H,3-12,16H2,1-2H3. The highest BCUT2D eigenvalue weighted by molar-refractivity contribution is 4.82. The van der Waals surface area contributed by atoms with Crippen LogP contribution in [0.2, 0.25) is 0 Å². The summed E-state index contributed by atoms with van der Waals surface area (Å²) in [6, 6.07) is 1.30. The lowest BCUT2D eigenvalue weighted by Crippen LogP contribution is -2.44. The molecule has 2 unspecified atom stereocenters. The molecule has 106 valence electrons. The van der Waals surface area contributed by atoms with Gasteiger partial charge < -0.3 is 15.5 Å². The summed E-state index contributed by atoms with van der Waals surface area (Å²) in [7, 11) is 2.31. The Balaban J connectivity index is 1.67. The maximum Gasteiger partial charge on any atom is 0.0117 e. The van der Waals surface area contributed by atoms with E-state index in [0.717, 1.165) is 12.0 Å². The average molecular weight is 253 g/mol. The minimum Gasteiger partial charge on any atom is -0.327 e. The lowest BCUT2D eigenvalue weighted by Gasteiger charge is -2.36. The van der Waals surface area contributed by atoms with E-state index in [4.69, 9.17) is 5.73 Å². The van der Waals surface area contributed by atoms with Crippen molar-refractivity contribution in [3.63, 3.8) is 0 Å². The SMILES string of the molecule is CCN1CCC(N(C)CCC2CCCC2N)CC1. The molecule has 0 amide bonds. The van der Waals surface area contributed by atoms with Crippen molar-refractivity contribution >= 4 is 0 Å². The van der Waals surface area contributed by atoms with Crippen LogP contribution < -0.4 is 5.73 Å². The third-order valence-corrected chi connectivity index (χ3v) is 5.20. The van der Waals surface area contributed by atoms with Gasteiger partial charge in [0.1, 0.15) is 0 Å². The Morgan fingerprint density at radius 2 is 1.89 bits per heavy atom. The van der Waals surface area contributed by atoms with Gasteiger partial charge in [0, 0.05) is 12.1 Å². The third-order valence-electron chi connectivity index (χ3n) is 5.20. The van der Waals surface area contributed by atoms with E-state index in [-0.39, 0.29) is 0 Å². The van der Waals surface area contributed by atoms with Crippen molar-refractivity contribution < 1.29 is 0 Å². The van der Waals surface area contributed by atoms with Gasteiger partial charge in [0.2, 0.25) is 0 Å². The van der Waals surface area contributed by atoms with Gasteiger partial charge in [-0.2, -0.15) is 0 Å². The first-order chi connectivity index (χ1) is 8.70. The van der Waals surface area contributed by atoms with Crippen molar-refractivity contribution in [1.29, 1.82) is 0 Å². The van der Waals surface area contributed by atoms with Crippen LogP contribution in [0.1, 0.15) is 45.4 Å². The minimum absolute atomic E-state index is 0.486. The van der Waals surface area contributed by atoms with E-state index in [1.54, 1.807) is 0 Å². The maximum absolute atomic E-state index is 6.15. The van der Waals surface area contributed by atoms with Crippen LogP contribution in [0.5, 0.6) is 0 Å². The number of piperidine rings is 1. The number of nitrogens with two attached hydrogens (primary N) is 1. The van der Waals surface area contributed by atoms with Gasteiger partial charge in [0.05, 0.1) is 0 Å². The van der Waals surface area contributed by atoms with Gasteiger partial charge in [-0.25, -0.2) is 0 Å². The highest BCUT2D eigenvalue weighted by atomic mass is 15.2. The molecule has 3 heteroatoms. The largest absolute Gasteiger partial charge is 0.327 e. The van der Waals surface area contributed by atoms with E-state index >= 15 is 0 Å². The highest BCUT2D eigenvalue weighted by Gasteiger charge is 2.26. The molecule has 2 aliphatic rings. The van der Waals surface area contributed by atoms with Crippen LogP contribution in [-0.2, 0) is 0 Å².